The highest BCUT2D eigenvalue weighted by Crippen LogP contribution is 2.67. The van der Waals surface area contributed by atoms with Crippen molar-refractivity contribution in [2.45, 2.75) is 102 Å². The molecule has 0 aromatic heterocycles. The van der Waals surface area contributed by atoms with Crippen molar-refractivity contribution in [1.29, 1.82) is 0 Å². The molecule has 0 amide bonds. The summed E-state index contributed by atoms with van der Waals surface area (Å²) in [5.74, 6) is 4.89. The van der Waals surface area contributed by atoms with E-state index in [-0.39, 0.29) is 23.5 Å². The molecule has 0 aromatic rings. The summed E-state index contributed by atoms with van der Waals surface area (Å²) in [7, 11) is 0. The molecule has 4 saturated carbocycles. The van der Waals surface area contributed by atoms with E-state index >= 15 is 0 Å². The fourth-order valence-corrected chi connectivity index (χ4v) is 10.6. The molecular weight excluding hydrogens is 386 g/mol. The van der Waals surface area contributed by atoms with Crippen LogP contribution in [0.1, 0.15) is 78.6 Å². The zero-order valence-corrected chi connectivity index (χ0v) is 19.9. The first-order valence-electron chi connectivity index (χ1n) is 13.5. The highest BCUT2D eigenvalue weighted by Gasteiger charge is 2.64. The van der Waals surface area contributed by atoms with Gasteiger partial charge in [0.25, 0.3) is 0 Å². The minimum atomic E-state index is -0.553. The number of aliphatic hydroxyl groups is 3. The molecule has 13 atom stereocenters. The molecule has 4 aliphatic carbocycles. The largest absolute Gasteiger partial charge is 0.393 e. The molecule has 2 aliphatic heterocycles. The Balaban J connectivity index is 1.30. The Hall–Kier alpha value is -0.160. The first kappa shape index (κ1) is 21.4. The minimum Gasteiger partial charge on any atom is -0.393 e. The van der Waals surface area contributed by atoms with Crippen LogP contribution in [0.15, 0.2) is 0 Å². The van der Waals surface area contributed by atoms with Crippen molar-refractivity contribution in [2.24, 2.45) is 52.8 Å². The van der Waals surface area contributed by atoms with E-state index in [1.54, 1.807) is 0 Å². The van der Waals surface area contributed by atoms with Crippen molar-refractivity contribution in [2.75, 3.05) is 13.1 Å². The van der Waals surface area contributed by atoms with Gasteiger partial charge in [-0.15, -0.1) is 0 Å². The van der Waals surface area contributed by atoms with Gasteiger partial charge in [0.1, 0.15) is 0 Å². The van der Waals surface area contributed by atoms with Crippen molar-refractivity contribution in [3.8, 4) is 0 Å². The lowest BCUT2D eigenvalue weighted by atomic mass is 9.51. The van der Waals surface area contributed by atoms with Crippen LogP contribution in [-0.2, 0) is 0 Å². The molecule has 0 radical (unpaired) electrons. The lowest BCUT2D eigenvalue weighted by molar-refractivity contribution is -0.176. The number of hydrogen-bond acceptors (Lipinski definition) is 4. The van der Waals surface area contributed by atoms with Crippen molar-refractivity contribution in [3.05, 3.63) is 0 Å². The Morgan fingerprint density at radius 2 is 1.55 bits per heavy atom. The number of hydrogen-bond donors (Lipinski definition) is 3. The van der Waals surface area contributed by atoms with Gasteiger partial charge in [-0.05, 0) is 117 Å². The van der Waals surface area contributed by atoms with Crippen molar-refractivity contribution in [3.63, 3.8) is 0 Å². The van der Waals surface area contributed by atoms with E-state index in [4.69, 9.17) is 0 Å². The lowest BCUT2D eigenvalue weighted by Gasteiger charge is -2.60. The second kappa shape index (κ2) is 7.17. The molecule has 0 bridgehead atoms. The summed E-state index contributed by atoms with van der Waals surface area (Å²) in [6.07, 6.45) is 9.43. The maximum atomic E-state index is 11.8. The van der Waals surface area contributed by atoms with Crippen LogP contribution in [0.3, 0.4) is 0 Å². The molecule has 4 nitrogen and oxygen atoms in total. The molecule has 6 rings (SSSR count). The first-order chi connectivity index (χ1) is 14.7. The molecule has 3 N–H and O–H groups in total. The average Bonchev–Trinajstić information content (AvgIpc) is 3.09. The molecule has 2 heterocycles. The summed E-state index contributed by atoms with van der Waals surface area (Å²) in [5, 5.41) is 33.3. The van der Waals surface area contributed by atoms with Gasteiger partial charge in [0.15, 0.2) is 0 Å². The van der Waals surface area contributed by atoms with Crippen LogP contribution in [0, 0.1) is 52.8 Å². The van der Waals surface area contributed by atoms with Gasteiger partial charge in [-0.1, -0.05) is 13.8 Å². The van der Waals surface area contributed by atoms with E-state index in [0.717, 1.165) is 50.5 Å². The van der Waals surface area contributed by atoms with Gasteiger partial charge in [0.2, 0.25) is 0 Å². The molecule has 13 unspecified atom stereocenters. The smallest absolute Gasteiger partial charge is 0.0805 e. The zero-order valence-electron chi connectivity index (χ0n) is 19.9. The van der Waals surface area contributed by atoms with E-state index in [9.17, 15) is 15.3 Å². The molecule has 6 aliphatic rings. The Labute approximate surface area is 188 Å². The van der Waals surface area contributed by atoms with Gasteiger partial charge in [-0.3, -0.25) is 4.90 Å². The van der Waals surface area contributed by atoms with Crippen molar-refractivity contribution in [1.82, 2.24) is 4.90 Å². The molecule has 4 heteroatoms. The Bertz CT molecular complexity index is 711. The quantitative estimate of drug-likeness (QED) is 0.547. The van der Waals surface area contributed by atoms with E-state index < -0.39 is 5.60 Å². The third kappa shape index (κ3) is 3.00. The highest BCUT2D eigenvalue weighted by atomic mass is 16.3. The lowest BCUT2D eigenvalue weighted by Crippen LogP contribution is -2.67. The summed E-state index contributed by atoms with van der Waals surface area (Å²) in [6.45, 7) is 9.36. The van der Waals surface area contributed by atoms with Gasteiger partial charge >= 0.3 is 0 Å². The van der Waals surface area contributed by atoms with Crippen LogP contribution < -0.4 is 0 Å². The second-order valence-electron chi connectivity index (χ2n) is 13.4. The summed E-state index contributed by atoms with van der Waals surface area (Å²) in [4.78, 5) is 2.68. The van der Waals surface area contributed by atoms with E-state index in [0.29, 0.717) is 35.6 Å². The van der Waals surface area contributed by atoms with Gasteiger partial charge in [-0.2, -0.15) is 0 Å². The monoisotopic (exact) mass is 431 g/mol. The van der Waals surface area contributed by atoms with Crippen molar-refractivity contribution < 1.29 is 15.3 Å². The molecular formula is C27H45NO3. The SMILES string of the molecule is CC1CCC2N(C1)CC1C3CC4C(CC(O)C5CC(O)CCC54C)C3CCC1C2(C)O. The number of aliphatic hydroxyl groups excluding tert-OH is 2. The van der Waals surface area contributed by atoms with Gasteiger partial charge in [0.05, 0.1) is 17.8 Å². The normalized spacial score (nSPS) is 61.5. The van der Waals surface area contributed by atoms with Crippen LogP contribution in [0.5, 0.6) is 0 Å². The summed E-state index contributed by atoms with van der Waals surface area (Å²) in [6, 6.07) is 0.355. The zero-order chi connectivity index (χ0) is 21.7. The molecule has 0 aromatic carbocycles. The highest BCUT2D eigenvalue weighted by molar-refractivity contribution is 5.14. The van der Waals surface area contributed by atoms with Crippen LogP contribution in [0.25, 0.3) is 0 Å². The third-order valence-electron chi connectivity index (χ3n) is 12.0. The predicted molar refractivity (Wildman–Crippen MR) is 121 cm³/mol. The van der Waals surface area contributed by atoms with Gasteiger partial charge < -0.3 is 15.3 Å². The van der Waals surface area contributed by atoms with E-state index in [2.05, 4.69) is 25.7 Å². The van der Waals surface area contributed by atoms with Crippen LogP contribution >= 0.6 is 0 Å². The maximum Gasteiger partial charge on any atom is 0.0805 e. The Morgan fingerprint density at radius 1 is 0.742 bits per heavy atom. The van der Waals surface area contributed by atoms with E-state index in [1.165, 1.54) is 32.2 Å². The third-order valence-corrected chi connectivity index (χ3v) is 12.0. The maximum absolute atomic E-state index is 11.8. The predicted octanol–water partition coefficient (Wildman–Crippen LogP) is 3.68. The van der Waals surface area contributed by atoms with Crippen LogP contribution in [-0.4, -0.2) is 57.2 Å². The molecule has 6 fully saturated rings. The standard InChI is InChI=1S/C27H45NO3/c1-15-4-7-25-27(3,31)21-6-5-17-18(20(21)14-28(25)13-15)11-22-19(17)12-24(30)23-10-16(29)8-9-26(22,23)2/h15-25,29-31H,4-14H2,1-3H3. The molecule has 31 heavy (non-hydrogen) atoms. The van der Waals surface area contributed by atoms with Crippen LogP contribution in [0.2, 0.25) is 0 Å². The summed E-state index contributed by atoms with van der Waals surface area (Å²) >= 11 is 0. The minimum absolute atomic E-state index is 0.188. The number of piperidine rings is 2. The number of rotatable bonds is 0. The number of nitrogens with zero attached hydrogens (tertiary/aromatic N) is 1. The van der Waals surface area contributed by atoms with Crippen molar-refractivity contribution >= 4 is 0 Å². The van der Waals surface area contributed by atoms with Crippen LogP contribution in [0.4, 0.5) is 0 Å². The van der Waals surface area contributed by atoms with E-state index in [1.807, 2.05) is 0 Å². The second-order valence-corrected chi connectivity index (χ2v) is 13.4. The fourth-order valence-electron chi connectivity index (χ4n) is 10.6. The molecule has 2 saturated heterocycles. The fraction of sp³-hybridized carbons (Fsp3) is 1.00. The Morgan fingerprint density at radius 3 is 2.35 bits per heavy atom. The molecule has 176 valence electrons. The Kier molecular flexibility index (Phi) is 4.94. The number of fused-ring (bicyclic) bond motifs is 8. The summed E-state index contributed by atoms with van der Waals surface area (Å²) < 4.78 is 0. The van der Waals surface area contributed by atoms with Gasteiger partial charge in [-0.25, -0.2) is 0 Å². The average molecular weight is 432 g/mol. The first-order valence-corrected chi connectivity index (χ1v) is 13.5. The van der Waals surface area contributed by atoms with Gasteiger partial charge in [0, 0.05) is 19.1 Å². The summed E-state index contributed by atoms with van der Waals surface area (Å²) in [5.41, 5.74) is -0.365. The topological polar surface area (TPSA) is 63.9 Å². The molecule has 0 spiro atoms.